The molecule has 0 spiro atoms. The average Bonchev–Trinajstić information content (AvgIpc) is 2.85. The molecule has 0 aliphatic rings. The zero-order valence-electron chi connectivity index (χ0n) is 18.7. The average molecular weight is 519 g/mol. The zero-order chi connectivity index (χ0) is 26.6. The van der Waals surface area contributed by atoms with E-state index in [-0.39, 0.29) is 30.3 Å². The maximum Gasteiger partial charge on any atom is 0.416 e. The Labute approximate surface area is 206 Å². The highest BCUT2D eigenvalue weighted by Crippen LogP contribution is 2.32. The van der Waals surface area contributed by atoms with E-state index in [2.05, 4.69) is 25.9 Å². The van der Waals surface area contributed by atoms with E-state index in [1.54, 1.807) is 6.07 Å². The summed E-state index contributed by atoms with van der Waals surface area (Å²) in [5.74, 6) is -2.74. The summed E-state index contributed by atoms with van der Waals surface area (Å²) < 4.78 is 72.7. The molecule has 0 radical (unpaired) electrons. The van der Waals surface area contributed by atoms with Crippen LogP contribution in [0.5, 0.6) is 11.5 Å². The van der Waals surface area contributed by atoms with Crippen LogP contribution in [0.25, 0.3) is 11.0 Å². The van der Waals surface area contributed by atoms with Crippen LogP contribution in [0.4, 0.5) is 43.9 Å². The Morgan fingerprint density at radius 3 is 2.51 bits per heavy atom. The number of rotatable bonds is 7. The van der Waals surface area contributed by atoms with Gasteiger partial charge in [0.1, 0.15) is 11.6 Å². The van der Waals surface area contributed by atoms with Gasteiger partial charge in [0.2, 0.25) is 5.82 Å². The van der Waals surface area contributed by atoms with E-state index in [0.29, 0.717) is 22.9 Å². The summed E-state index contributed by atoms with van der Waals surface area (Å²) in [6.07, 6.45) is -3.14. The Morgan fingerprint density at radius 1 is 0.973 bits per heavy atom. The van der Waals surface area contributed by atoms with Crippen LogP contribution in [0, 0.1) is 11.6 Å². The number of urea groups is 1. The van der Waals surface area contributed by atoms with Gasteiger partial charge in [0.15, 0.2) is 11.6 Å². The van der Waals surface area contributed by atoms with Crippen molar-refractivity contribution in [3.8, 4) is 11.5 Å². The summed E-state index contributed by atoms with van der Waals surface area (Å²) in [7, 11) is 0. The lowest BCUT2D eigenvalue weighted by Gasteiger charge is -2.13. The van der Waals surface area contributed by atoms with Gasteiger partial charge in [-0.05, 0) is 30.3 Å². The lowest BCUT2D eigenvalue weighted by atomic mass is 10.2. The van der Waals surface area contributed by atoms with Gasteiger partial charge >= 0.3 is 12.2 Å². The number of ether oxygens (including phenoxy) is 1. The standard InChI is InChI=1S/C24H18F5N5O3/c25-17-9-15(33-23(36)32-14-3-1-2-13(8-14)24(27,28)29)10-20(22(17)26)37-16-4-5-18-19(11-16)34-21(12-31-18)30-6-7-35/h1-5,8-12,35H,6-7H2,(H,30,34)(H2,32,33,36). The molecule has 1 heterocycles. The molecule has 4 rings (SSSR count). The van der Waals surface area contributed by atoms with Crippen molar-refractivity contribution in [2.24, 2.45) is 0 Å². The molecule has 0 bridgehead atoms. The summed E-state index contributed by atoms with van der Waals surface area (Å²) in [5, 5.41) is 16.2. The van der Waals surface area contributed by atoms with Crippen molar-refractivity contribution in [1.29, 1.82) is 0 Å². The van der Waals surface area contributed by atoms with E-state index < -0.39 is 35.2 Å². The molecule has 13 heteroatoms. The summed E-state index contributed by atoms with van der Waals surface area (Å²) in [6.45, 7) is 0.137. The van der Waals surface area contributed by atoms with Crippen LogP contribution in [-0.2, 0) is 6.18 Å². The van der Waals surface area contributed by atoms with Crippen LogP contribution in [-0.4, -0.2) is 34.3 Å². The molecular formula is C24H18F5N5O3. The number of aliphatic hydroxyl groups excluding tert-OH is 1. The van der Waals surface area contributed by atoms with Crippen LogP contribution in [0.1, 0.15) is 5.56 Å². The first-order chi connectivity index (χ1) is 17.6. The normalized spacial score (nSPS) is 11.3. The third kappa shape index (κ3) is 6.38. The minimum atomic E-state index is -4.60. The Hall–Kier alpha value is -4.52. The molecule has 2 amide bonds. The van der Waals surface area contributed by atoms with Crippen molar-refractivity contribution in [2.45, 2.75) is 6.18 Å². The monoisotopic (exact) mass is 519 g/mol. The Morgan fingerprint density at radius 2 is 1.76 bits per heavy atom. The van der Waals surface area contributed by atoms with Gasteiger partial charge in [-0.1, -0.05) is 6.07 Å². The number of nitrogens with one attached hydrogen (secondary N) is 3. The van der Waals surface area contributed by atoms with Gasteiger partial charge in [-0.15, -0.1) is 0 Å². The third-order valence-corrected chi connectivity index (χ3v) is 4.86. The van der Waals surface area contributed by atoms with Crippen LogP contribution in [0.15, 0.2) is 60.8 Å². The largest absolute Gasteiger partial charge is 0.454 e. The van der Waals surface area contributed by atoms with Crippen molar-refractivity contribution >= 4 is 34.3 Å². The smallest absolute Gasteiger partial charge is 0.416 e. The molecule has 0 aliphatic carbocycles. The number of benzene rings is 3. The molecular weight excluding hydrogens is 501 g/mol. The minimum absolute atomic E-state index is 0.0879. The predicted octanol–water partition coefficient (Wildman–Crippen LogP) is 5.77. The molecule has 4 N–H and O–H groups in total. The molecule has 1 aromatic heterocycles. The number of carbonyl (C=O) groups is 1. The van der Waals surface area contributed by atoms with Gasteiger partial charge in [-0.3, -0.25) is 4.98 Å². The number of hydrogen-bond donors (Lipinski definition) is 4. The molecule has 0 aliphatic heterocycles. The van der Waals surface area contributed by atoms with E-state index in [9.17, 15) is 26.7 Å². The summed E-state index contributed by atoms with van der Waals surface area (Å²) in [4.78, 5) is 20.8. The number of aromatic nitrogens is 2. The molecule has 4 aromatic rings. The van der Waals surface area contributed by atoms with Crippen molar-refractivity contribution in [2.75, 3.05) is 29.1 Å². The summed E-state index contributed by atoms with van der Waals surface area (Å²) in [6, 6.07) is 9.08. The Balaban J connectivity index is 1.52. The van der Waals surface area contributed by atoms with Crippen molar-refractivity contribution in [3.63, 3.8) is 0 Å². The van der Waals surface area contributed by atoms with E-state index in [1.807, 2.05) is 0 Å². The molecule has 0 atom stereocenters. The highest BCUT2D eigenvalue weighted by Gasteiger charge is 2.30. The number of hydrogen-bond acceptors (Lipinski definition) is 6. The number of aliphatic hydroxyl groups is 1. The molecule has 37 heavy (non-hydrogen) atoms. The summed E-state index contributed by atoms with van der Waals surface area (Å²) in [5.41, 5.74) is -0.470. The van der Waals surface area contributed by atoms with Gasteiger partial charge in [0.05, 0.1) is 29.4 Å². The van der Waals surface area contributed by atoms with Crippen molar-refractivity contribution in [1.82, 2.24) is 9.97 Å². The van der Waals surface area contributed by atoms with E-state index in [1.165, 1.54) is 24.4 Å². The first-order valence-electron chi connectivity index (χ1n) is 10.7. The number of nitrogens with zero attached hydrogens (tertiary/aromatic N) is 2. The molecule has 0 fully saturated rings. The lowest BCUT2D eigenvalue weighted by molar-refractivity contribution is -0.137. The van der Waals surface area contributed by atoms with E-state index in [4.69, 9.17) is 9.84 Å². The summed E-state index contributed by atoms with van der Waals surface area (Å²) >= 11 is 0. The van der Waals surface area contributed by atoms with E-state index in [0.717, 1.165) is 24.3 Å². The number of amides is 2. The fraction of sp³-hybridized carbons (Fsp3) is 0.125. The Kier molecular flexibility index (Phi) is 7.34. The number of halogens is 5. The minimum Gasteiger partial charge on any atom is -0.454 e. The first kappa shape index (κ1) is 25.6. The van der Waals surface area contributed by atoms with Crippen LogP contribution in [0.2, 0.25) is 0 Å². The first-order valence-corrected chi connectivity index (χ1v) is 10.7. The second kappa shape index (κ2) is 10.6. The van der Waals surface area contributed by atoms with Crippen molar-refractivity contribution in [3.05, 3.63) is 78.0 Å². The molecule has 0 unspecified atom stereocenters. The van der Waals surface area contributed by atoms with Crippen LogP contribution < -0.4 is 20.7 Å². The van der Waals surface area contributed by atoms with Crippen molar-refractivity contribution < 1.29 is 36.6 Å². The maximum atomic E-state index is 14.4. The number of carbonyl (C=O) groups excluding carboxylic acids is 1. The van der Waals surface area contributed by atoms with Crippen LogP contribution in [0.3, 0.4) is 0 Å². The molecule has 192 valence electrons. The highest BCUT2D eigenvalue weighted by atomic mass is 19.4. The van der Waals surface area contributed by atoms with Gasteiger partial charge < -0.3 is 25.8 Å². The predicted molar refractivity (Wildman–Crippen MR) is 126 cm³/mol. The zero-order valence-corrected chi connectivity index (χ0v) is 18.7. The fourth-order valence-corrected chi connectivity index (χ4v) is 3.23. The van der Waals surface area contributed by atoms with Gasteiger partial charge in [0, 0.05) is 36.1 Å². The van der Waals surface area contributed by atoms with Gasteiger partial charge in [-0.25, -0.2) is 14.2 Å². The Bertz CT molecular complexity index is 1450. The van der Waals surface area contributed by atoms with Gasteiger partial charge in [-0.2, -0.15) is 17.6 Å². The fourth-order valence-electron chi connectivity index (χ4n) is 3.23. The molecule has 3 aromatic carbocycles. The third-order valence-electron chi connectivity index (χ3n) is 4.86. The SMILES string of the molecule is O=C(Nc1cccc(C(F)(F)F)c1)Nc1cc(F)c(F)c(Oc2ccc3ncc(NCCO)nc3c2)c1. The van der Waals surface area contributed by atoms with Crippen LogP contribution >= 0.6 is 0 Å². The second-order valence-corrected chi connectivity index (χ2v) is 7.59. The lowest BCUT2D eigenvalue weighted by Crippen LogP contribution is -2.20. The molecule has 0 saturated carbocycles. The van der Waals surface area contributed by atoms with E-state index >= 15 is 0 Å². The number of fused-ring (bicyclic) bond motifs is 1. The quantitative estimate of drug-likeness (QED) is 0.231. The topological polar surface area (TPSA) is 108 Å². The highest BCUT2D eigenvalue weighted by molar-refractivity contribution is 5.99. The number of anilines is 3. The molecule has 0 saturated heterocycles. The number of alkyl halides is 3. The molecule has 8 nitrogen and oxygen atoms in total. The maximum absolute atomic E-state index is 14.4. The second-order valence-electron chi connectivity index (χ2n) is 7.59. The van der Waals surface area contributed by atoms with Gasteiger partial charge in [0.25, 0.3) is 0 Å².